The van der Waals surface area contributed by atoms with E-state index < -0.39 is 11.9 Å². The summed E-state index contributed by atoms with van der Waals surface area (Å²) in [6.07, 6.45) is 1.10. The second-order valence-electron chi connectivity index (χ2n) is 3.75. The highest BCUT2D eigenvalue weighted by Gasteiger charge is 2.12. The lowest BCUT2D eigenvalue weighted by Crippen LogP contribution is -2.26. The number of rotatable bonds is 13. The molecule has 0 saturated carbocycles. The standard InChI is InChI=1S/C12H20N2O8/c1-3-19-13(9-15)21-11(17)7-5-6-8-12(18)22-14(10-16)20-4-2/h9-10H,3-8H2,1-2H3. The molecule has 0 fully saturated rings. The van der Waals surface area contributed by atoms with E-state index in [4.69, 9.17) is 0 Å². The summed E-state index contributed by atoms with van der Waals surface area (Å²) in [6, 6.07) is 0. The Bertz CT molecular complexity index is 329. The van der Waals surface area contributed by atoms with Crippen LogP contribution in [0.25, 0.3) is 0 Å². The van der Waals surface area contributed by atoms with Crippen LogP contribution in [0.3, 0.4) is 0 Å². The summed E-state index contributed by atoms with van der Waals surface area (Å²) < 4.78 is 0. The Balaban J connectivity index is 3.82. The van der Waals surface area contributed by atoms with Gasteiger partial charge in [0.25, 0.3) is 12.8 Å². The molecule has 0 aromatic heterocycles. The largest absolute Gasteiger partial charge is 0.335 e. The molecule has 10 nitrogen and oxygen atoms in total. The Labute approximate surface area is 127 Å². The summed E-state index contributed by atoms with van der Waals surface area (Å²) in [5, 5.41) is 0.862. The Kier molecular flexibility index (Phi) is 11.3. The first kappa shape index (κ1) is 19.8. The average molecular weight is 320 g/mol. The predicted molar refractivity (Wildman–Crippen MR) is 69.7 cm³/mol. The Morgan fingerprint density at radius 2 is 1.18 bits per heavy atom. The maximum atomic E-state index is 11.3. The van der Waals surface area contributed by atoms with E-state index in [2.05, 4.69) is 19.4 Å². The van der Waals surface area contributed by atoms with Crippen molar-refractivity contribution in [1.82, 2.24) is 10.5 Å². The van der Waals surface area contributed by atoms with Crippen molar-refractivity contribution in [1.29, 1.82) is 0 Å². The Hall–Kier alpha value is -2.20. The van der Waals surface area contributed by atoms with Gasteiger partial charge < -0.3 is 9.68 Å². The van der Waals surface area contributed by atoms with E-state index in [0.717, 1.165) is 0 Å². The van der Waals surface area contributed by atoms with Gasteiger partial charge in [0.05, 0.1) is 13.2 Å². The number of amides is 2. The van der Waals surface area contributed by atoms with Gasteiger partial charge >= 0.3 is 11.9 Å². The molecule has 0 aliphatic heterocycles. The zero-order valence-electron chi connectivity index (χ0n) is 12.6. The first-order valence-electron chi connectivity index (χ1n) is 6.73. The summed E-state index contributed by atoms with van der Waals surface area (Å²) in [5.74, 6) is -1.34. The van der Waals surface area contributed by atoms with Crippen molar-refractivity contribution in [3.8, 4) is 0 Å². The van der Waals surface area contributed by atoms with Crippen LogP contribution >= 0.6 is 0 Å². The van der Waals surface area contributed by atoms with E-state index in [0.29, 0.717) is 23.3 Å². The molecule has 0 atom stereocenters. The van der Waals surface area contributed by atoms with Gasteiger partial charge in [0.15, 0.2) is 0 Å². The van der Waals surface area contributed by atoms with Gasteiger partial charge in [-0.1, -0.05) is 0 Å². The van der Waals surface area contributed by atoms with E-state index in [1.165, 1.54) is 0 Å². The molecule has 0 heterocycles. The minimum atomic E-state index is -0.669. The summed E-state index contributed by atoms with van der Waals surface area (Å²) in [7, 11) is 0. The first-order valence-corrected chi connectivity index (χ1v) is 6.73. The lowest BCUT2D eigenvalue weighted by Gasteiger charge is -2.14. The topological polar surface area (TPSA) is 112 Å². The normalized spacial score (nSPS) is 9.73. The SMILES string of the molecule is CCON(C=O)OC(=O)CCCCC(=O)ON(C=O)OCC. The van der Waals surface area contributed by atoms with Crippen LogP contribution in [0.4, 0.5) is 0 Å². The lowest BCUT2D eigenvalue weighted by atomic mass is 10.2. The van der Waals surface area contributed by atoms with E-state index in [-0.39, 0.29) is 38.9 Å². The molecule has 22 heavy (non-hydrogen) atoms. The van der Waals surface area contributed by atoms with Crippen molar-refractivity contribution in [2.45, 2.75) is 39.5 Å². The van der Waals surface area contributed by atoms with E-state index in [1.807, 2.05) is 0 Å². The second kappa shape index (κ2) is 12.5. The van der Waals surface area contributed by atoms with Crippen LogP contribution < -0.4 is 0 Å². The minimum Gasteiger partial charge on any atom is -0.312 e. The molecule has 0 spiro atoms. The smallest absolute Gasteiger partial charge is 0.312 e. The maximum Gasteiger partial charge on any atom is 0.335 e. The highest BCUT2D eigenvalue weighted by molar-refractivity contribution is 5.71. The number of hydroxylamine groups is 4. The Morgan fingerprint density at radius 1 is 0.818 bits per heavy atom. The number of hydrogen-bond donors (Lipinski definition) is 0. The third-order valence-electron chi connectivity index (χ3n) is 2.08. The van der Waals surface area contributed by atoms with Crippen molar-refractivity contribution in [2.75, 3.05) is 13.2 Å². The molecule has 0 rings (SSSR count). The van der Waals surface area contributed by atoms with Crippen molar-refractivity contribution in [3.05, 3.63) is 0 Å². The summed E-state index contributed by atoms with van der Waals surface area (Å²) >= 11 is 0. The van der Waals surface area contributed by atoms with Crippen molar-refractivity contribution in [3.63, 3.8) is 0 Å². The molecule has 0 saturated heterocycles. The van der Waals surface area contributed by atoms with Crippen molar-refractivity contribution < 1.29 is 38.5 Å². The predicted octanol–water partition coefficient (Wildman–Crippen LogP) is 0.283. The third-order valence-corrected chi connectivity index (χ3v) is 2.08. The monoisotopic (exact) mass is 320 g/mol. The Morgan fingerprint density at radius 3 is 1.45 bits per heavy atom. The molecule has 0 N–H and O–H groups in total. The van der Waals surface area contributed by atoms with Gasteiger partial charge in [0.2, 0.25) is 0 Å². The zero-order valence-corrected chi connectivity index (χ0v) is 12.6. The minimum absolute atomic E-state index is 0.00640. The molecule has 10 heteroatoms. The second-order valence-corrected chi connectivity index (χ2v) is 3.75. The molecule has 0 aromatic rings. The number of nitrogens with zero attached hydrogens (tertiary/aromatic N) is 2. The van der Waals surface area contributed by atoms with Gasteiger partial charge in [-0.15, -0.1) is 0 Å². The van der Waals surface area contributed by atoms with Gasteiger partial charge in [-0.3, -0.25) is 9.59 Å². The molecule has 0 aromatic carbocycles. The number of hydrogen-bond acceptors (Lipinski definition) is 8. The van der Waals surface area contributed by atoms with Crippen LogP contribution in [0.5, 0.6) is 0 Å². The fraction of sp³-hybridized carbons (Fsp3) is 0.667. The van der Waals surface area contributed by atoms with Crippen LogP contribution in [0.1, 0.15) is 39.5 Å². The van der Waals surface area contributed by atoms with Gasteiger partial charge in [-0.25, -0.2) is 19.3 Å². The number of unbranched alkanes of at least 4 members (excludes halogenated alkanes) is 1. The molecule has 0 radical (unpaired) electrons. The maximum absolute atomic E-state index is 11.3. The molecule has 2 amide bonds. The van der Waals surface area contributed by atoms with Gasteiger partial charge in [-0.05, 0) is 37.1 Å². The summed E-state index contributed by atoms with van der Waals surface area (Å²) in [5.41, 5.74) is 0. The van der Waals surface area contributed by atoms with Gasteiger partial charge in [-0.2, -0.15) is 0 Å². The quantitative estimate of drug-likeness (QED) is 0.270. The van der Waals surface area contributed by atoms with Gasteiger partial charge in [0.1, 0.15) is 0 Å². The van der Waals surface area contributed by atoms with Crippen LogP contribution in [-0.4, -0.2) is 48.4 Å². The van der Waals surface area contributed by atoms with Crippen LogP contribution in [0, 0.1) is 0 Å². The summed E-state index contributed by atoms with van der Waals surface area (Å²) in [6.45, 7) is 3.59. The molecule has 126 valence electrons. The van der Waals surface area contributed by atoms with E-state index >= 15 is 0 Å². The van der Waals surface area contributed by atoms with E-state index in [1.54, 1.807) is 13.8 Å². The molecular weight excluding hydrogens is 300 g/mol. The number of carbonyl (C=O) groups is 4. The molecule has 0 aliphatic rings. The number of carbonyl (C=O) groups excluding carboxylic acids is 4. The average Bonchev–Trinajstić information content (AvgIpc) is 2.50. The third kappa shape index (κ3) is 9.66. The molecule has 0 bridgehead atoms. The van der Waals surface area contributed by atoms with Crippen LogP contribution in [-0.2, 0) is 38.5 Å². The first-order chi connectivity index (χ1) is 10.6. The fourth-order valence-corrected chi connectivity index (χ4v) is 1.24. The molecular formula is C12H20N2O8. The highest BCUT2D eigenvalue weighted by Crippen LogP contribution is 2.05. The fourth-order valence-electron chi connectivity index (χ4n) is 1.24. The van der Waals surface area contributed by atoms with Crippen LogP contribution in [0.15, 0.2) is 0 Å². The van der Waals surface area contributed by atoms with Crippen LogP contribution in [0.2, 0.25) is 0 Å². The van der Waals surface area contributed by atoms with E-state index in [9.17, 15) is 19.2 Å². The summed E-state index contributed by atoms with van der Waals surface area (Å²) in [4.78, 5) is 62.1. The van der Waals surface area contributed by atoms with Crippen molar-refractivity contribution >= 4 is 24.8 Å². The van der Waals surface area contributed by atoms with Crippen molar-refractivity contribution in [2.24, 2.45) is 0 Å². The highest BCUT2D eigenvalue weighted by atomic mass is 17.0. The zero-order chi connectivity index (χ0) is 16.8. The molecule has 0 aliphatic carbocycles. The lowest BCUT2D eigenvalue weighted by molar-refractivity contribution is -0.313. The van der Waals surface area contributed by atoms with Gasteiger partial charge in [0, 0.05) is 12.8 Å². The molecule has 0 unspecified atom stereocenters.